The van der Waals surface area contributed by atoms with Crippen LogP contribution in [0.15, 0.2) is 34.8 Å². The molecule has 0 spiro atoms. The number of nitrogens with one attached hydrogen (secondary N) is 1. The molecule has 0 bridgehead atoms. The van der Waals surface area contributed by atoms with E-state index in [2.05, 4.69) is 26.2 Å². The van der Waals surface area contributed by atoms with Crippen molar-refractivity contribution in [3.8, 4) is 0 Å². The maximum absolute atomic E-state index is 12.9. The van der Waals surface area contributed by atoms with Crippen LogP contribution in [0.1, 0.15) is 11.3 Å². The Labute approximate surface area is 118 Å². The predicted octanol–water partition coefficient (Wildman–Crippen LogP) is 4.56. The number of pyridine rings is 1. The molecule has 1 heterocycles. The molecule has 1 N–H and O–H groups in total. The Bertz CT molecular complexity index is 523. The van der Waals surface area contributed by atoms with Crippen molar-refractivity contribution in [3.05, 3.63) is 57.0 Å². The van der Waals surface area contributed by atoms with Gasteiger partial charge < -0.3 is 5.32 Å². The van der Waals surface area contributed by atoms with E-state index in [1.165, 1.54) is 12.1 Å². The van der Waals surface area contributed by atoms with Gasteiger partial charge >= 0.3 is 0 Å². The van der Waals surface area contributed by atoms with Gasteiger partial charge in [-0.2, -0.15) is 0 Å². The first kappa shape index (κ1) is 13.3. The lowest BCUT2D eigenvalue weighted by molar-refractivity contribution is 0.626. The maximum atomic E-state index is 12.9. The van der Waals surface area contributed by atoms with Crippen molar-refractivity contribution < 1.29 is 4.39 Å². The zero-order valence-electron chi connectivity index (χ0n) is 9.67. The van der Waals surface area contributed by atoms with Crippen molar-refractivity contribution in [2.75, 3.05) is 5.32 Å². The highest BCUT2D eigenvalue weighted by Crippen LogP contribution is 2.21. The summed E-state index contributed by atoms with van der Waals surface area (Å²) >= 11 is 9.12. The standard InChI is InChI=1S/C13H11BrClFN2/c1-8-12(4-5-13(15)18-8)17-7-9-2-3-10(16)6-11(9)14/h2-6,17H,7H2,1H3. The van der Waals surface area contributed by atoms with Crippen LogP contribution >= 0.6 is 27.5 Å². The van der Waals surface area contributed by atoms with Crippen LogP contribution in [0.2, 0.25) is 5.15 Å². The second-order valence-corrected chi connectivity index (χ2v) is 5.10. The van der Waals surface area contributed by atoms with E-state index >= 15 is 0 Å². The summed E-state index contributed by atoms with van der Waals surface area (Å²) in [6.45, 7) is 2.47. The third kappa shape index (κ3) is 3.21. The minimum atomic E-state index is -0.255. The van der Waals surface area contributed by atoms with E-state index in [0.717, 1.165) is 21.4 Å². The summed E-state index contributed by atoms with van der Waals surface area (Å²) in [6.07, 6.45) is 0. The Kier molecular flexibility index (Phi) is 4.19. The van der Waals surface area contributed by atoms with E-state index in [1.54, 1.807) is 12.1 Å². The van der Waals surface area contributed by atoms with Gasteiger partial charge in [-0.15, -0.1) is 0 Å². The lowest BCUT2D eigenvalue weighted by atomic mass is 10.2. The molecule has 0 aliphatic heterocycles. The number of nitrogens with zero attached hydrogens (tertiary/aromatic N) is 1. The molecule has 0 aliphatic rings. The molecule has 0 aliphatic carbocycles. The van der Waals surface area contributed by atoms with Crippen LogP contribution in [0.25, 0.3) is 0 Å². The van der Waals surface area contributed by atoms with Gasteiger partial charge in [0.15, 0.2) is 0 Å². The Balaban J connectivity index is 2.11. The van der Waals surface area contributed by atoms with Gasteiger partial charge in [0, 0.05) is 11.0 Å². The van der Waals surface area contributed by atoms with Crippen molar-refractivity contribution in [2.45, 2.75) is 13.5 Å². The van der Waals surface area contributed by atoms with E-state index in [-0.39, 0.29) is 5.82 Å². The summed E-state index contributed by atoms with van der Waals surface area (Å²) < 4.78 is 13.7. The molecule has 0 amide bonds. The molecule has 2 nitrogen and oxygen atoms in total. The summed E-state index contributed by atoms with van der Waals surface area (Å²) in [5, 5.41) is 3.72. The van der Waals surface area contributed by atoms with Crippen LogP contribution in [-0.2, 0) is 6.54 Å². The topological polar surface area (TPSA) is 24.9 Å². The first-order chi connectivity index (χ1) is 8.56. The SMILES string of the molecule is Cc1nc(Cl)ccc1NCc1ccc(F)cc1Br. The second kappa shape index (κ2) is 5.67. The lowest BCUT2D eigenvalue weighted by Crippen LogP contribution is -2.03. The molecule has 2 rings (SSSR count). The van der Waals surface area contributed by atoms with Gasteiger partial charge in [-0.1, -0.05) is 33.6 Å². The van der Waals surface area contributed by atoms with E-state index in [0.29, 0.717) is 11.7 Å². The van der Waals surface area contributed by atoms with Crippen LogP contribution in [0.3, 0.4) is 0 Å². The Hall–Kier alpha value is -1.13. The van der Waals surface area contributed by atoms with Gasteiger partial charge in [-0.25, -0.2) is 9.37 Å². The zero-order chi connectivity index (χ0) is 13.1. The largest absolute Gasteiger partial charge is 0.379 e. The van der Waals surface area contributed by atoms with Gasteiger partial charge in [0.05, 0.1) is 11.4 Å². The first-order valence-corrected chi connectivity index (χ1v) is 6.54. The summed E-state index contributed by atoms with van der Waals surface area (Å²) in [7, 11) is 0. The molecule has 0 unspecified atom stereocenters. The quantitative estimate of drug-likeness (QED) is 0.835. The molecule has 5 heteroatoms. The molecule has 94 valence electrons. The fourth-order valence-corrected chi connectivity index (χ4v) is 2.25. The Morgan fingerprint density at radius 1 is 1.33 bits per heavy atom. The second-order valence-electron chi connectivity index (χ2n) is 3.86. The minimum absolute atomic E-state index is 0.255. The predicted molar refractivity (Wildman–Crippen MR) is 75.4 cm³/mol. The van der Waals surface area contributed by atoms with Crippen LogP contribution in [0.4, 0.5) is 10.1 Å². The van der Waals surface area contributed by atoms with Crippen LogP contribution in [0.5, 0.6) is 0 Å². The van der Waals surface area contributed by atoms with Gasteiger partial charge in [0.1, 0.15) is 11.0 Å². The number of aromatic nitrogens is 1. The molecule has 2 aromatic rings. The van der Waals surface area contributed by atoms with E-state index in [4.69, 9.17) is 11.6 Å². The average molecular weight is 330 g/mol. The number of benzene rings is 1. The number of hydrogen-bond acceptors (Lipinski definition) is 2. The monoisotopic (exact) mass is 328 g/mol. The third-order valence-corrected chi connectivity index (χ3v) is 3.48. The molecule has 0 fully saturated rings. The molecule has 1 aromatic carbocycles. The number of halogens is 3. The molecule has 0 radical (unpaired) electrons. The zero-order valence-corrected chi connectivity index (χ0v) is 12.0. The van der Waals surface area contributed by atoms with Crippen molar-refractivity contribution in [1.82, 2.24) is 4.98 Å². The fourth-order valence-electron chi connectivity index (χ4n) is 1.57. The van der Waals surface area contributed by atoms with E-state index in [9.17, 15) is 4.39 Å². The van der Waals surface area contributed by atoms with E-state index in [1.807, 2.05) is 13.0 Å². The highest BCUT2D eigenvalue weighted by molar-refractivity contribution is 9.10. The number of anilines is 1. The molecule has 0 saturated carbocycles. The molecule has 1 aromatic heterocycles. The average Bonchev–Trinajstić information content (AvgIpc) is 2.30. The van der Waals surface area contributed by atoms with E-state index < -0.39 is 0 Å². The highest BCUT2D eigenvalue weighted by Gasteiger charge is 2.04. The molecular formula is C13H11BrClFN2. The van der Waals surface area contributed by atoms with Crippen LogP contribution in [-0.4, -0.2) is 4.98 Å². The summed E-state index contributed by atoms with van der Waals surface area (Å²) in [6, 6.07) is 8.24. The van der Waals surface area contributed by atoms with Crippen molar-refractivity contribution in [1.29, 1.82) is 0 Å². The van der Waals surface area contributed by atoms with Crippen molar-refractivity contribution in [3.63, 3.8) is 0 Å². The number of rotatable bonds is 3. The van der Waals surface area contributed by atoms with Crippen molar-refractivity contribution >= 4 is 33.2 Å². The van der Waals surface area contributed by atoms with Gasteiger partial charge in [-0.3, -0.25) is 0 Å². The summed E-state index contributed by atoms with van der Waals surface area (Å²) in [5.41, 5.74) is 2.72. The van der Waals surface area contributed by atoms with Crippen LogP contribution in [0, 0.1) is 12.7 Å². The maximum Gasteiger partial charge on any atom is 0.129 e. The Morgan fingerprint density at radius 3 is 2.78 bits per heavy atom. The highest BCUT2D eigenvalue weighted by atomic mass is 79.9. The summed E-state index contributed by atoms with van der Waals surface area (Å²) in [5.74, 6) is -0.255. The third-order valence-electron chi connectivity index (χ3n) is 2.54. The smallest absolute Gasteiger partial charge is 0.129 e. The molecule has 0 atom stereocenters. The number of aryl methyl sites for hydroxylation is 1. The van der Waals surface area contributed by atoms with Crippen molar-refractivity contribution in [2.24, 2.45) is 0 Å². The minimum Gasteiger partial charge on any atom is -0.379 e. The number of hydrogen-bond donors (Lipinski definition) is 1. The molecule has 0 saturated heterocycles. The normalized spacial score (nSPS) is 10.4. The lowest BCUT2D eigenvalue weighted by Gasteiger charge is -2.10. The van der Waals surface area contributed by atoms with Gasteiger partial charge in [0.2, 0.25) is 0 Å². The van der Waals surface area contributed by atoms with Gasteiger partial charge in [-0.05, 0) is 36.8 Å². The fraction of sp³-hybridized carbons (Fsp3) is 0.154. The summed E-state index contributed by atoms with van der Waals surface area (Å²) in [4.78, 5) is 4.15. The first-order valence-electron chi connectivity index (χ1n) is 5.37. The molecule has 18 heavy (non-hydrogen) atoms. The van der Waals surface area contributed by atoms with Gasteiger partial charge in [0.25, 0.3) is 0 Å². The molecular weight excluding hydrogens is 319 g/mol. The Morgan fingerprint density at radius 2 is 2.11 bits per heavy atom. The van der Waals surface area contributed by atoms with Crippen LogP contribution < -0.4 is 5.32 Å².